The fourth-order valence-electron chi connectivity index (χ4n) is 3.22. The van der Waals surface area contributed by atoms with E-state index in [-0.39, 0.29) is 5.56 Å². The van der Waals surface area contributed by atoms with E-state index in [9.17, 15) is 4.79 Å². The van der Waals surface area contributed by atoms with Crippen molar-refractivity contribution in [3.8, 4) is 11.3 Å². The van der Waals surface area contributed by atoms with Crippen LogP contribution in [0.1, 0.15) is 16.8 Å². The summed E-state index contributed by atoms with van der Waals surface area (Å²) in [6.07, 6.45) is 4.59. The molecule has 0 amide bonds. The Balaban J connectivity index is 1.57. The van der Waals surface area contributed by atoms with Crippen LogP contribution >= 0.6 is 11.8 Å². The first-order valence-electron chi connectivity index (χ1n) is 8.20. The van der Waals surface area contributed by atoms with E-state index in [0.717, 1.165) is 47.6 Å². The van der Waals surface area contributed by atoms with Crippen LogP contribution in [0.2, 0.25) is 0 Å². The summed E-state index contributed by atoms with van der Waals surface area (Å²) in [5.74, 6) is 0. The number of fused-ring (bicyclic) bond motifs is 1. The highest BCUT2D eigenvalue weighted by Crippen LogP contribution is 2.24. The molecule has 0 bridgehead atoms. The summed E-state index contributed by atoms with van der Waals surface area (Å²) in [7, 11) is 0. The third kappa shape index (κ3) is 3.25. The van der Waals surface area contributed by atoms with Crippen molar-refractivity contribution in [2.45, 2.75) is 24.7 Å². The first-order chi connectivity index (χ1) is 12.2. The van der Waals surface area contributed by atoms with Crippen LogP contribution < -0.4 is 5.56 Å². The Morgan fingerprint density at radius 3 is 2.92 bits per heavy atom. The average Bonchev–Trinajstić information content (AvgIpc) is 3.11. The largest absolute Gasteiger partial charge is 0.301 e. The lowest BCUT2D eigenvalue weighted by molar-refractivity contribution is 0.241. The fourth-order valence-corrected chi connectivity index (χ4v) is 3.61. The van der Waals surface area contributed by atoms with Crippen molar-refractivity contribution in [2.75, 3.05) is 12.8 Å². The lowest BCUT2D eigenvalue weighted by Crippen LogP contribution is -2.35. The van der Waals surface area contributed by atoms with Gasteiger partial charge in [0.2, 0.25) is 0 Å². The molecule has 2 N–H and O–H groups in total. The van der Waals surface area contributed by atoms with Gasteiger partial charge in [0.05, 0.1) is 23.1 Å². The zero-order valence-electron chi connectivity index (χ0n) is 14.0. The molecule has 2 aromatic heterocycles. The minimum atomic E-state index is -0.0190. The van der Waals surface area contributed by atoms with Gasteiger partial charge >= 0.3 is 0 Å². The van der Waals surface area contributed by atoms with E-state index in [0.29, 0.717) is 11.7 Å². The lowest BCUT2D eigenvalue weighted by atomic mass is 10.0. The van der Waals surface area contributed by atoms with E-state index < -0.39 is 0 Å². The van der Waals surface area contributed by atoms with Gasteiger partial charge in [-0.1, -0.05) is 42.1 Å². The quantitative estimate of drug-likeness (QED) is 0.556. The van der Waals surface area contributed by atoms with Gasteiger partial charge < -0.3 is 4.98 Å². The number of thioether (sulfide) groups is 1. The summed E-state index contributed by atoms with van der Waals surface area (Å²) in [5.41, 5.74) is 5.00. The van der Waals surface area contributed by atoms with Gasteiger partial charge in [0.25, 0.3) is 5.56 Å². The highest BCUT2D eigenvalue weighted by atomic mass is 32.2. The van der Waals surface area contributed by atoms with E-state index in [1.165, 1.54) is 11.8 Å². The number of nitrogens with zero attached hydrogens (tertiary/aromatic N) is 3. The maximum atomic E-state index is 12.3. The minimum Gasteiger partial charge on any atom is -0.301 e. The van der Waals surface area contributed by atoms with Crippen LogP contribution in [-0.4, -0.2) is 37.9 Å². The topological polar surface area (TPSA) is 77.7 Å². The predicted octanol–water partition coefficient (Wildman–Crippen LogP) is 2.44. The van der Waals surface area contributed by atoms with Gasteiger partial charge in [-0.05, 0) is 11.8 Å². The molecule has 0 radical (unpaired) electrons. The summed E-state index contributed by atoms with van der Waals surface area (Å²) in [6.45, 7) is 2.26. The smallest absolute Gasteiger partial charge is 0.256 e. The molecule has 0 spiro atoms. The van der Waals surface area contributed by atoms with Crippen molar-refractivity contribution in [2.24, 2.45) is 0 Å². The van der Waals surface area contributed by atoms with Crippen LogP contribution in [0, 0.1) is 0 Å². The van der Waals surface area contributed by atoms with Crippen LogP contribution in [0.3, 0.4) is 0 Å². The number of benzene rings is 1. The number of hydrogen-bond donors (Lipinski definition) is 2. The molecule has 0 atom stereocenters. The van der Waals surface area contributed by atoms with E-state index >= 15 is 0 Å². The highest BCUT2D eigenvalue weighted by molar-refractivity contribution is 7.98. The summed E-state index contributed by atoms with van der Waals surface area (Å²) >= 11 is 1.47. The number of hydrogen-bond acceptors (Lipinski definition) is 5. The van der Waals surface area contributed by atoms with E-state index in [1.54, 1.807) is 0 Å². The van der Waals surface area contributed by atoms with E-state index in [1.807, 2.05) is 30.7 Å². The second-order valence-corrected chi connectivity index (χ2v) is 6.89. The zero-order chi connectivity index (χ0) is 17.2. The van der Waals surface area contributed by atoms with Gasteiger partial charge in [-0.25, -0.2) is 4.98 Å². The Hall–Kier alpha value is -2.38. The fraction of sp³-hybridized carbons (Fsp3) is 0.278. The van der Waals surface area contributed by atoms with Crippen molar-refractivity contribution < 1.29 is 0 Å². The molecular formula is C18H19N5OS. The third-order valence-electron chi connectivity index (χ3n) is 4.49. The molecule has 1 aromatic carbocycles. The van der Waals surface area contributed by atoms with Crippen molar-refractivity contribution in [3.63, 3.8) is 0 Å². The third-order valence-corrected chi connectivity index (χ3v) is 5.07. The van der Waals surface area contributed by atoms with Crippen molar-refractivity contribution in [3.05, 3.63) is 63.7 Å². The molecular weight excluding hydrogens is 334 g/mol. The molecule has 128 valence electrons. The first-order valence-corrected chi connectivity index (χ1v) is 9.43. The molecule has 1 aliphatic heterocycles. The van der Waals surface area contributed by atoms with Gasteiger partial charge in [0, 0.05) is 31.6 Å². The van der Waals surface area contributed by atoms with Crippen molar-refractivity contribution in [1.29, 1.82) is 0 Å². The molecule has 25 heavy (non-hydrogen) atoms. The van der Waals surface area contributed by atoms with Crippen LogP contribution in [0.4, 0.5) is 0 Å². The monoisotopic (exact) mass is 353 g/mol. The summed E-state index contributed by atoms with van der Waals surface area (Å²) < 4.78 is 0. The zero-order valence-corrected chi connectivity index (χ0v) is 14.8. The van der Waals surface area contributed by atoms with E-state index in [4.69, 9.17) is 0 Å². The number of rotatable bonds is 4. The Morgan fingerprint density at radius 1 is 1.28 bits per heavy atom. The number of aromatic amines is 2. The van der Waals surface area contributed by atoms with Crippen molar-refractivity contribution in [1.82, 2.24) is 25.1 Å². The van der Waals surface area contributed by atoms with Crippen LogP contribution in [0.15, 0.2) is 46.5 Å². The molecule has 0 saturated heterocycles. The van der Waals surface area contributed by atoms with Gasteiger partial charge in [0.1, 0.15) is 0 Å². The number of aromatic nitrogens is 4. The SMILES string of the molecule is CSc1nc2c(c(=O)[nH]1)CN(Cc1cn[nH]c1-c1ccccc1)CC2. The molecule has 0 fully saturated rings. The van der Waals surface area contributed by atoms with Crippen LogP contribution in [0.5, 0.6) is 0 Å². The summed E-state index contributed by atoms with van der Waals surface area (Å²) in [4.78, 5) is 22.0. The van der Waals surface area contributed by atoms with Gasteiger partial charge in [-0.2, -0.15) is 5.10 Å². The maximum Gasteiger partial charge on any atom is 0.256 e. The Morgan fingerprint density at radius 2 is 2.12 bits per heavy atom. The molecule has 6 nitrogen and oxygen atoms in total. The molecule has 7 heteroatoms. The summed E-state index contributed by atoms with van der Waals surface area (Å²) in [6, 6.07) is 10.2. The lowest BCUT2D eigenvalue weighted by Gasteiger charge is -2.27. The molecule has 0 saturated carbocycles. The normalized spacial score (nSPS) is 14.4. The second-order valence-electron chi connectivity index (χ2n) is 6.10. The molecule has 3 heterocycles. The summed E-state index contributed by atoms with van der Waals surface area (Å²) in [5, 5.41) is 8.00. The predicted molar refractivity (Wildman–Crippen MR) is 98.5 cm³/mol. The van der Waals surface area contributed by atoms with Gasteiger partial charge in [0.15, 0.2) is 5.16 Å². The average molecular weight is 353 g/mol. The highest BCUT2D eigenvalue weighted by Gasteiger charge is 2.22. The van der Waals surface area contributed by atoms with Crippen molar-refractivity contribution >= 4 is 11.8 Å². The molecule has 3 aromatic rings. The van der Waals surface area contributed by atoms with E-state index in [2.05, 4.69) is 37.2 Å². The molecule has 4 rings (SSSR count). The number of H-pyrrole nitrogens is 2. The molecule has 0 aliphatic carbocycles. The Labute approximate surface area is 149 Å². The van der Waals surface area contributed by atoms with Crippen LogP contribution in [-0.2, 0) is 19.5 Å². The molecule has 1 aliphatic rings. The maximum absolute atomic E-state index is 12.3. The minimum absolute atomic E-state index is 0.0190. The van der Waals surface area contributed by atoms with Gasteiger partial charge in [-0.3, -0.25) is 14.8 Å². The Bertz CT molecular complexity index is 934. The standard InChI is InChI=1S/C18H19N5OS/c1-25-18-20-15-7-8-23(11-14(15)17(24)21-18)10-13-9-19-22-16(13)12-5-3-2-4-6-12/h2-6,9H,7-8,10-11H2,1H3,(H,19,22)(H,20,21,24). The Kier molecular flexibility index (Phi) is 4.42. The second kappa shape index (κ2) is 6.85. The first kappa shape index (κ1) is 16.1. The van der Waals surface area contributed by atoms with Crippen LogP contribution in [0.25, 0.3) is 11.3 Å². The number of nitrogens with one attached hydrogen (secondary N) is 2. The molecule has 0 unspecified atom stereocenters. The van der Waals surface area contributed by atoms with Gasteiger partial charge in [-0.15, -0.1) is 0 Å².